The molecule has 1 aliphatic rings. The zero-order valence-electron chi connectivity index (χ0n) is 8.33. The molecule has 1 aromatic rings. The Labute approximate surface area is 92.8 Å². The summed E-state index contributed by atoms with van der Waals surface area (Å²) in [5, 5.41) is 9.74. The number of fused-ring (bicyclic) bond motifs is 1. The molecule has 0 heterocycles. The number of aliphatic carboxylic acids is 1. The van der Waals surface area contributed by atoms with Gasteiger partial charge >= 0.3 is 5.97 Å². The normalized spacial score (nSPS) is 28.9. The van der Waals surface area contributed by atoms with E-state index in [1.165, 1.54) is 0 Å². The highest BCUT2D eigenvalue weighted by Gasteiger charge is 2.47. The van der Waals surface area contributed by atoms with Gasteiger partial charge in [-0.25, -0.2) is 4.79 Å². The topological polar surface area (TPSA) is 63.3 Å². The Bertz CT molecular complexity index is 433. The van der Waals surface area contributed by atoms with E-state index in [2.05, 4.69) is 0 Å². The Hall–Kier alpha value is -1.06. The van der Waals surface area contributed by atoms with Gasteiger partial charge in [0.15, 0.2) is 0 Å². The van der Waals surface area contributed by atoms with Gasteiger partial charge in [0.05, 0.1) is 0 Å². The zero-order valence-corrected chi connectivity index (χ0v) is 9.08. The van der Waals surface area contributed by atoms with E-state index in [9.17, 15) is 9.90 Å². The lowest BCUT2D eigenvalue weighted by atomic mass is 9.86. The van der Waals surface area contributed by atoms with E-state index in [4.69, 9.17) is 17.3 Å². The minimum absolute atomic E-state index is 0.108. The quantitative estimate of drug-likeness (QED) is 0.766. The molecule has 80 valence electrons. The van der Waals surface area contributed by atoms with Crippen molar-refractivity contribution in [3.8, 4) is 0 Å². The number of carboxylic acids is 1. The van der Waals surface area contributed by atoms with Gasteiger partial charge in [0.2, 0.25) is 0 Å². The molecule has 2 rings (SSSR count). The fraction of sp³-hybridized carbons (Fsp3) is 0.364. The Morgan fingerprint density at radius 1 is 1.67 bits per heavy atom. The van der Waals surface area contributed by atoms with Gasteiger partial charge in [0.25, 0.3) is 0 Å². The molecule has 0 spiro atoms. The Morgan fingerprint density at radius 2 is 2.33 bits per heavy atom. The van der Waals surface area contributed by atoms with E-state index in [0.29, 0.717) is 17.0 Å². The summed E-state index contributed by atoms with van der Waals surface area (Å²) in [5.74, 6) is -1.10. The van der Waals surface area contributed by atoms with Crippen LogP contribution in [0.5, 0.6) is 0 Å². The van der Waals surface area contributed by atoms with Crippen molar-refractivity contribution in [2.24, 2.45) is 11.7 Å². The average Bonchev–Trinajstić information content (AvgIpc) is 2.42. The second kappa shape index (κ2) is 3.22. The number of halogens is 1. The van der Waals surface area contributed by atoms with Crippen molar-refractivity contribution in [1.29, 1.82) is 0 Å². The summed E-state index contributed by atoms with van der Waals surface area (Å²) in [7, 11) is 0. The number of carbonyl (C=O) groups is 1. The molecule has 0 radical (unpaired) electrons. The van der Waals surface area contributed by atoms with Crippen LogP contribution in [0, 0.1) is 5.92 Å². The number of nitrogens with two attached hydrogens (primary N) is 1. The van der Waals surface area contributed by atoms with Crippen LogP contribution in [-0.2, 0) is 16.8 Å². The summed E-state index contributed by atoms with van der Waals surface area (Å²) < 4.78 is 0. The Kier molecular flexibility index (Phi) is 2.24. The Morgan fingerprint density at radius 3 is 2.93 bits per heavy atom. The van der Waals surface area contributed by atoms with Crippen molar-refractivity contribution in [3.63, 3.8) is 0 Å². The van der Waals surface area contributed by atoms with Crippen molar-refractivity contribution in [1.82, 2.24) is 0 Å². The second-order valence-corrected chi connectivity index (χ2v) is 4.52. The number of hydrogen-bond acceptors (Lipinski definition) is 2. The molecule has 0 saturated heterocycles. The molecule has 15 heavy (non-hydrogen) atoms. The van der Waals surface area contributed by atoms with Crippen molar-refractivity contribution in [2.45, 2.75) is 18.9 Å². The maximum absolute atomic E-state index is 11.2. The monoisotopic (exact) mass is 225 g/mol. The van der Waals surface area contributed by atoms with Crippen molar-refractivity contribution >= 4 is 17.6 Å². The third kappa shape index (κ3) is 1.34. The smallest absolute Gasteiger partial charge is 0.328 e. The van der Waals surface area contributed by atoms with Crippen LogP contribution in [0.15, 0.2) is 18.2 Å². The van der Waals surface area contributed by atoms with Crippen LogP contribution in [0.1, 0.15) is 18.1 Å². The van der Waals surface area contributed by atoms with Gasteiger partial charge in [-0.1, -0.05) is 24.6 Å². The van der Waals surface area contributed by atoms with Gasteiger partial charge in [-0.05, 0) is 35.6 Å². The molecule has 0 amide bonds. The van der Waals surface area contributed by atoms with Crippen LogP contribution < -0.4 is 5.73 Å². The molecular weight excluding hydrogens is 214 g/mol. The lowest BCUT2D eigenvalue weighted by Gasteiger charge is -2.25. The predicted molar refractivity (Wildman–Crippen MR) is 57.8 cm³/mol. The van der Waals surface area contributed by atoms with Crippen molar-refractivity contribution in [3.05, 3.63) is 34.3 Å². The molecule has 2 atom stereocenters. The van der Waals surface area contributed by atoms with Crippen LogP contribution in [0.3, 0.4) is 0 Å². The highest BCUT2D eigenvalue weighted by Crippen LogP contribution is 2.40. The second-order valence-electron chi connectivity index (χ2n) is 4.08. The third-order valence-electron chi connectivity index (χ3n) is 3.17. The number of hydrogen-bond donors (Lipinski definition) is 2. The van der Waals surface area contributed by atoms with Gasteiger partial charge in [0.1, 0.15) is 5.54 Å². The predicted octanol–water partition coefficient (Wildman–Crippen LogP) is 1.77. The zero-order chi connectivity index (χ0) is 11.2. The van der Waals surface area contributed by atoms with Crippen LogP contribution in [0.4, 0.5) is 0 Å². The first-order chi connectivity index (χ1) is 6.96. The van der Waals surface area contributed by atoms with E-state index in [-0.39, 0.29) is 5.92 Å². The molecule has 0 saturated carbocycles. The van der Waals surface area contributed by atoms with E-state index in [1.54, 1.807) is 12.1 Å². The molecule has 1 aromatic carbocycles. The van der Waals surface area contributed by atoms with E-state index < -0.39 is 11.5 Å². The largest absolute Gasteiger partial charge is 0.480 e. The van der Waals surface area contributed by atoms with Crippen LogP contribution in [-0.4, -0.2) is 11.1 Å². The van der Waals surface area contributed by atoms with Crippen LogP contribution in [0.25, 0.3) is 0 Å². The minimum Gasteiger partial charge on any atom is -0.480 e. The number of rotatable bonds is 1. The molecule has 0 aromatic heterocycles. The first kappa shape index (κ1) is 10.5. The van der Waals surface area contributed by atoms with Gasteiger partial charge < -0.3 is 10.8 Å². The highest BCUT2D eigenvalue weighted by molar-refractivity contribution is 6.30. The Balaban J connectivity index is 2.62. The van der Waals surface area contributed by atoms with E-state index >= 15 is 0 Å². The molecule has 4 heteroatoms. The summed E-state index contributed by atoms with van der Waals surface area (Å²) in [6.45, 7) is 1.85. The lowest BCUT2D eigenvalue weighted by molar-refractivity contribution is -0.145. The van der Waals surface area contributed by atoms with E-state index in [1.807, 2.05) is 13.0 Å². The number of carboxylic acid groups (broad SMARTS) is 1. The molecule has 1 aliphatic carbocycles. The molecule has 0 bridgehead atoms. The molecule has 0 fully saturated rings. The molecule has 3 N–H and O–H groups in total. The summed E-state index contributed by atoms with van der Waals surface area (Å²) in [6.07, 6.45) is 0.690. The summed E-state index contributed by atoms with van der Waals surface area (Å²) in [5.41, 5.74) is 6.31. The summed E-state index contributed by atoms with van der Waals surface area (Å²) >= 11 is 5.85. The minimum atomic E-state index is -1.29. The fourth-order valence-electron chi connectivity index (χ4n) is 2.19. The fourth-order valence-corrected chi connectivity index (χ4v) is 2.37. The van der Waals surface area contributed by atoms with Crippen molar-refractivity contribution < 1.29 is 9.90 Å². The highest BCUT2D eigenvalue weighted by atomic mass is 35.5. The van der Waals surface area contributed by atoms with E-state index in [0.717, 1.165) is 5.56 Å². The van der Waals surface area contributed by atoms with Crippen molar-refractivity contribution in [2.75, 3.05) is 0 Å². The SMILES string of the molecule is CC1Cc2ccc(Cl)cc2C1(N)C(=O)O. The van der Waals surface area contributed by atoms with Gasteiger partial charge in [0, 0.05) is 5.02 Å². The summed E-state index contributed by atoms with van der Waals surface area (Å²) in [4.78, 5) is 11.2. The summed E-state index contributed by atoms with van der Waals surface area (Å²) in [6, 6.07) is 5.28. The standard InChI is InChI=1S/C11H12ClNO2/c1-6-4-7-2-3-8(12)5-9(7)11(6,13)10(14)15/h2-3,5-6H,4,13H2,1H3,(H,14,15). The maximum atomic E-state index is 11.2. The molecule has 0 aliphatic heterocycles. The molecule has 2 unspecified atom stereocenters. The molecular formula is C11H12ClNO2. The number of benzene rings is 1. The van der Waals surface area contributed by atoms with Gasteiger partial charge in [-0.15, -0.1) is 0 Å². The first-order valence-corrected chi connectivity index (χ1v) is 5.15. The average molecular weight is 226 g/mol. The maximum Gasteiger partial charge on any atom is 0.328 e. The van der Waals surface area contributed by atoms with Gasteiger partial charge in [-0.3, -0.25) is 0 Å². The van der Waals surface area contributed by atoms with Crippen LogP contribution >= 0.6 is 11.6 Å². The molecule has 3 nitrogen and oxygen atoms in total. The third-order valence-corrected chi connectivity index (χ3v) is 3.41. The van der Waals surface area contributed by atoms with Crippen LogP contribution in [0.2, 0.25) is 5.02 Å². The van der Waals surface area contributed by atoms with Gasteiger partial charge in [-0.2, -0.15) is 0 Å². The first-order valence-electron chi connectivity index (χ1n) is 4.77. The lowest BCUT2D eigenvalue weighted by Crippen LogP contribution is -2.47.